The van der Waals surface area contributed by atoms with Crippen LogP contribution in [-0.2, 0) is 0 Å². The third-order valence-corrected chi connectivity index (χ3v) is 6.39. The molecular formula is C28H28F4N4O2. The molecule has 1 atom stereocenters. The van der Waals surface area contributed by atoms with Gasteiger partial charge in [0.2, 0.25) is 0 Å². The Morgan fingerprint density at radius 2 is 1.76 bits per heavy atom. The summed E-state index contributed by atoms with van der Waals surface area (Å²) in [5.74, 6) is -0.979. The Hall–Kier alpha value is -3.92. The van der Waals surface area contributed by atoms with Gasteiger partial charge in [-0.2, -0.15) is 18.3 Å². The molecule has 4 aromatic rings. The Bertz CT molecular complexity index is 1420. The maximum absolute atomic E-state index is 14.2. The van der Waals surface area contributed by atoms with E-state index in [2.05, 4.69) is 10.4 Å². The molecule has 0 saturated carbocycles. The summed E-state index contributed by atoms with van der Waals surface area (Å²) in [5.41, 5.74) is -0.815. The summed E-state index contributed by atoms with van der Waals surface area (Å²) < 4.78 is 57.6. The maximum Gasteiger partial charge on any atom is 0.420 e. The number of nitrogens with one attached hydrogen (secondary N) is 1. The lowest BCUT2D eigenvalue weighted by molar-refractivity contribution is -0.257. The number of carbonyl (C=O) groups is 1. The van der Waals surface area contributed by atoms with Gasteiger partial charge < -0.3 is 15.3 Å². The van der Waals surface area contributed by atoms with E-state index in [0.29, 0.717) is 34.3 Å². The molecule has 1 heterocycles. The molecule has 200 valence electrons. The van der Waals surface area contributed by atoms with E-state index >= 15 is 0 Å². The van der Waals surface area contributed by atoms with E-state index in [4.69, 9.17) is 0 Å². The molecule has 0 radical (unpaired) electrons. The lowest BCUT2D eigenvalue weighted by atomic mass is 10.0. The number of benzene rings is 3. The fourth-order valence-electron chi connectivity index (χ4n) is 4.30. The topological polar surface area (TPSA) is 70.4 Å². The predicted octanol–water partition coefficient (Wildman–Crippen LogP) is 5.73. The molecule has 1 amide bonds. The standard InChI is InChI=1S/C28H28F4N4O2/c1-3-15-35(26(37)22-8-5-4-7-19(22)2)18-27(38,28(30,31)32)17-33-24-9-6-10-25-23(24)16-34-36(25)21-13-11-20(29)12-14-21/h4-14,16,33,38H,3,15,17-18H2,1-2H3. The van der Waals surface area contributed by atoms with Crippen molar-refractivity contribution in [2.75, 3.05) is 25.0 Å². The molecule has 10 heteroatoms. The zero-order chi connectivity index (χ0) is 27.5. The number of fused-ring (bicyclic) bond motifs is 1. The van der Waals surface area contributed by atoms with Crippen LogP contribution >= 0.6 is 0 Å². The Morgan fingerprint density at radius 3 is 2.42 bits per heavy atom. The molecule has 0 spiro atoms. The normalized spacial score (nSPS) is 13.3. The van der Waals surface area contributed by atoms with Crippen LogP contribution in [0.3, 0.4) is 0 Å². The second-order valence-electron chi connectivity index (χ2n) is 9.20. The summed E-state index contributed by atoms with van der Waals surface area (Å²) >= 11 is 0. The van der Waals surface area contributed by atoms with Crippen LogP contribution in [0.5, 0.6) is 0 Å². The average Bonchev–Trinajstić information content (AvgIpc) is 3.32. The molecule has 4 rings (SSSR count). The van der Waals surface area contributed by atoms with E-state index in [1.807, 2.05) is 0 Å². The van der Waals surface area contributed by atoms with E-state index in [9.17, 15) is 27.5 Å². The molecule has 0 aliphatic heterocycles. The number of halogens is 4. The van der Waals surface area contributed by atoms with Crippen LogP contribution < -0.4 is 5.32 Å². The molecule has 2 N–H and O–H groups in total. The molecule has 0 aliphatic carbocycles. The number of hydrogen-bond acceptors (Lipinski definition) is 4. The molecule has 0 aliphatic rings. The van der Waals surface area contributed by atoms with E-state index in [0.717, 1.165) is 4.90 Å². The van der Waals surface area contributed by atoms with Crippen molar-refractivity contribution in [1.82, 2.24) is 14.7 Å². The van der Waals surface area contributed by atoms with Crippen molar-refractivity contribution in [1.29, 1.82) is 0 Å². The van der Waals surface area contributed by atoms with Crippen molar-refractivity contribution in [3.8, 4) is 5.69 Å². The molecule has 38 heavy (non-hydrogen) atoms. The first-order valence-electron chi connectivity index (χ1n) is 12.1. The lowest BCUT2D eigenvalue weighted by Gasteiger charge is -2.36. The van der Waals surface area contributed by atoms with Crippen LogP contribution in [0.2, 0.25) is 0 Å². The van der Waals surface area contributed by atoms with Gasteiger partial charge >= 0.3 is 6.18 Å². The van der Waals surface area contributed by atoms with Crippen LogP contribution in [0.4, 0.5) is 23.2 Å². The number of anilines is 1. The third kappa shape index (κ3) is 5.50. The number of aromatic nitrogens is 2. The minimum atomic E-state index is -5.02. The highest BCUT2D eigenvalue weighted by atomic mass is 19.4. The molecule has 1 unspecified atom stereocenters. The van der Waals surface area contributed by atoms with Crippen molar-refractivity contribution in [2.24, 2.45) is 0 Å². The highest BCUT2D eigenvalue weighted by Crippen LogP contribution is 2.33. The molecule has 0 bridgehead atoms. The van der Waals surface area contributed by atoms with Gasteiger partial charge in [-0.1, -0.05) is 31.2 Å². The largest absolute Gasteiger partial charge is 0.420 e. The second kappa shape index (κ2) is 10.8. The summed E-state index contributed by atoms with van der Waals surface area (Å²) in [6, 6.07) is 17.3. The third-order valence-electron chi connectivity index (χ3n) is 6.39. The number of nitrogens with zero attached hydrogens (tertiary/aromatic N) is 3. The van der Waals surface area contributed by atoms with Gasteiger partial charge in [0.25, 0.3) is 5.91 Å². The first-order valence-corrected chi connectivity index (χ1v) is 12.1. The van der Waals surface area contributed by atoms with Crippen LogP contribution in [0, 0.1) is 12.7 Å². The minimum Gasteiger partial charge on any atom is -0.381 e. The SMILES string of the molecule is CCCN(CC(O)(CNc1cccc2c1cnn2-c1ccc(F)cc1)C(F)(F)F)C(=O)c1ccccc1C. The van der Waals surface area contributed by atoms with Gasteiger partial charge in [-0.15, -0.1) is 0 Å². The van der Waals surface area contributed by atoms with Crippen molar-refractivity contribution in [3.63, 3.8) is 0 Å². The number of amides is 1. The number of hydrogen-bond donors (Lipinski definition) is 2. The van der Waals surface area contributed by atoms with Crippen LogP contribution in [-0.4, -0.2) is 57.1 Å². The molecule has 1 aromatic heterocycles. The summed E-state index contributed by atoms with van der Waals surface area (Å²) in [4.78, 5) is 14.2. The number of rotatable bonds is 9. The number of aryl methyl sites for hydroxylation is 1. The van der Waals surface area contributed by atoms with Crippen molar-refractivity contribution in [2.45, 2.75) is 32.0 Å². The first kappa shape index (κ1) is 27.1. The van der Waals surface area contributed by atoms with Gasteiger partial charge in [-0.3, -0.25) is 4.79 Å². The number of alkyl halides is 3. The quantitative estimate of drug-likeness (QED) is 0.272. The molecular weight excluding hydrogens is 500 g/mol. The van der Waals surface area contributed by atoms with Gasteiger partial charge in [0.1, 0.15) is 5.82 Å². The van der Waals surface area contributed by atoms with Crippen LogP contribution in [0.15, 0.2) is 72.9 Å². The summed E-state index contributed by atoms with van der Waals surface area (Å²) in [6.07, 6.45) is -3.12. The van der Waals surface area contributed by atoms with Gasteiger partial charge in [0, 0.05) is 23.2 Å². The second-order valence-corrected chi connectivity index (χ2v) is 9.20. The zero-order valence-corrected chi connectivity index (χ0v) is 21.0. The van der Waals surface area contributed by atoms with E-state index < -0.39 is 36.6 Å². The van der Waals surface area contributed by atoms with Gasteiger partial charge in [0.05, 0.1) is 30.5 Å². The smallest absolute Gasteiger partial charge is 0.381 e. The molecule has 3 aromatic carbocycles. The molecule has 6 nitrogen and oxygen atoms in total. The highest BCUT2D eigenvalue weighted by molar-refractivity contribution is 5.95. The summed E-state index contributed by atoms with van der Waals surface area (Å²) in [5, 5.41) is 18.5. The Balaban J connectivity index is 1.61. The molecule has 0 saturated heterocycles. The minimum absolute atomic E-state index is 0.0472. The van der Waals surface area contributed by atoms with Crippen LogP contribution in [0.25, 0.3) is 16.6 Å². The van der Waals surface area contributed by atoms with E-state index in [1.165, 1.54) is 30.5 Å². The lowest BCUT2D eigenvalue weighted by Crippen LogP contribution is -2.58. The average molecular weight is 529 g/mol. The highest BCUT2D eigenvalue weighted by Gasteiger charge is 2.55. The van der Waals surface area contributed by atoms with Gasteiger partial charge in [-0.25, -0.2) is 9.07 Å². The Kier molecular flexibility index (Phi) is 7.73. The van der Waals surface area contributed by atoms with Gasteiger partial charge in [0.15, 0.2) is 5.60 Å². The summed E-state index contributed by atoms with van der Waals surface area (Å²) in [6.45, 7) is 1.68. The predicted molar refractivity (Wildman–Crippen MR) is 138 cm³/mol. The first-order chi connectivity index (χ1) is 18.0. The monoisotopic (exact) mass is 528 g/mol. The fourth-order valence-corrected chi connectivity index (χ4v) is 4.30. The van der Waals surface area contributed by atoms with Crippen molar-refractivity contribution < 1.29 is 27.5 Å². The number of carbonyl (C=O) groups excluding carboxylic acids is 1. The van der Waals surface area contributed by atoms with E-state index in [1.54, 1.807) is 61.0 Å². The maximum atomic E-state index is 14.2. The Morgan fingerprint density at radius 1 is 1.05 bits per heavy atom. The van der Waals surface area contributed by atoms with E-state index in [-0.39, 0.29) is 12.1 Å². The Labute approximate surface area is 217 Å². The van der Waals surface area contributed by atoms with Gasteiger partial charge in [-0.05, 0) is 61.4 Å². The molecule has 0 fully saturated rings. The van der Waals surface area contributed by atoms with Crippen LogP contribution in [0.1, 0.15) is 29.3 Å². The summed E-state index contributed by atoms with van der Waals surface area (Å²) in [7, 11) is 0. The zero-order valence-electron chi connectivity index (χ0n) is 21.0. The van der Waals surface area contributed by atoms with Crippen molar-refractivity contribution >= 4 is 22.5 Å². The number of aliphatic hydroxyl groups is 1. The van der Waals surface area contributed by atoms with Crippen molar-refractivity contribution in [3.05, 3.63) is 89.9 Å². The fraction of sp³-hybridized carbons (Fsp3) is 0.286.